The van der Waals surface area contributed by atoms with Gasteiger partial charge in [-0.25, -0.2) is 8.78 Å². The molecule has 1 aliphatic rings. The standard InChI is InChI=1S/C12H12F5N/c13-8-2-1-3-9(14)11(8)10-5-4-7(6-18-10)12(15,16)17/h1-3,7,10,18H,4-6H2. The van der Waals surface area contributed by atoms with E-state index < -0.39 is 29.8 Å². The third kappa shape index (κ3) is 2.63. The molecule has 0 spiro atoms. The van der Waals surface area contributed by atoms with Crippen LogP contribution in [-0.4, -0.2) is 12.7 Å². The van der Waals surface area contributed by atoms with Gasteiger partial charge in [0.2, 0.25) is 0 Å². The summed E-state index contributed by atoms with van der Waals surface area (Å²) in [5.41, 5.74) is -0.168. The van der Waals surface area contributed by atoms with Crippen LogP contribution in [0.25, 0.3) is 0 Å². The van der Waals surface area contributed by atoms with Crippen LogP contribution in [0.3, 0.4) is 0 Å². The first-order valence-corrected chi connectivity index (χ1v) is 5.63. The van der Waals surface area contributed by atoms with Gasteiger partial charge in [-0.05, 0) is 25.0 Å². The fourth-order valence-electron chi connectivity index (χ4n) is 2.23. The second kappa shape index (κ2) is 4.84. The second-order valence-corrected chi connectivity index (χ2v) is 4.41. The molecule has 1 heterocycles. The summed E-state index contributed by atoms with van der Waals surface area (Å²) in [7, 11) is 0. The van der Waals surface area contributed by atoms with Gasteiger partial charge in [0.1, 0.15) is 11.6 Å². The molecule has 1 N–H and O–H groups in total. The predicted octanol–water partition coefficient (Wildman–Crippen LogP) is 3.57. The van der Waals surface area contributed by atoms with Crippen LogP contribution in [0, 0.1) is 17.6 Å². The first-order valence-electron chi connectivity index (χ1n) is 5.63. The minimum absolute atomic E-state index is 0.0715. The van der Waals surface area contributed by atoms with Crippen molar-refractivity contribution in [3.05, 3.63) is 35.4 Å². The van der Waals surface area contributed by atoms with Crippen molar-refractivity contribution in [3.8, 4) is 0 Å². The van der Waals surface area contributed by atoms with Gasteiger partial charge in [0.25, 0.3) is 0 Å². The molecule has 0 amide bonds. The summed E-state index contributed by atoms with van der Waals surface area (Å²) in [6.45, 7) is -0.304. The van der Waals surface area contributed by atoms with Crippen molar-refractivity contribution in [3.63, 3.8) is 0 Å². The Morgan fingerprint density at radius 3 is 2.11 bits per heavy atom. The Morgan fingerprint density at radius 1 is 1.06 bits per heavy atom. The number of halogens is 5. The molecule has 0 radical (unpaired) electrons. The highest BCUT2D eigenvalue weighted by molar-refractivity contribution is 5.23. The minimum Gasteiger partial charge on any atom is -0.309 e. The molecule has 6 heteroatoms. The average Bonchev–Trinajstić information content (AvgIpc) is 2.28. The largest absolute Gasteiger partial charge is 0.393 e. The monoisotopic (exact) mass is 265 g/mol. The van der Waals surface area contributed by atoms with Gasteiger partial charge < -0.3 is 5.32 Å². The van der Waals surface area contributed by atoms with Crippen LogP contribution in [0.1, 0.15) is 24.4 Å². The van der Waals surface area contributed by atoms with Crippen LogP contribution in [0.15, 0.2) is 18.2 Å². The van der Waals surface area contributed by atoms with E-state index in [9.17, 15) is 22.0 Å². The Hall–Kier alpha value is -1.17. The number of nitrogens with one attached hydrogen (secondary N) is 1. The van der Waals surface area contributed by atoms with Crippen molar-refractivity contribution in [2.75, 3.05) is 6.54 Å². The predicted molar refractivity (Wildman–Crippen MR) is 55.9 cm³/mol. The van der Waals surface area contributed by atoms with Crippen LogP contribution in [0.2, 0.25) is 0 Å². The fraction of sp³-hybridized carbons (Fsp3) is 0.500. The quantitative estimate of drug-likeness (QED) is 0.765. The SMILES string of the molecule is Fc1cccc(F)c1C1CCC(C(F)(F)F)CN1. The Bertz CT molecular complexity index is 401. The molecule has 1 aliphatic heterocycles. The molecule has 0 saturated carbocycles. The van der Waals surface area contributed by atoms with E-state index in [0.29, 0.717) is 0 Å². The molecule has 1 nitrogen and oxygen atoms in total. The van der Waals surface area contributed by atoms with Crippen molar-refractivity contribution in [1.29, 1.82) is 0 Å². The Kier molecular flexibility index (Phi) is 3.56. The van der Waals surface area contributed by atoms with E-state index in [1.807, 2.05) is 0 Å². The van der Waals surface area contributed by atoms with E-state index >= 15 is 0 Å². The molecular formula is C12H12F5N. The molecule has 1 aromatic rings. The molecule has 1 saturated heterocycles. The van der Waals surface area contributed by atoms with E-state index in [1.165, 1.54) is 6.07 Å². The lowest BCUT2D eigenvalue weighted by atomic mass is 9.90. The summed E-state index contributed by atoms with van der Waals surface area (Å²) in [6.07, 6.45) is -4.30. The molecule has 2 rings (SSSR count). The van der Waals surface area contributed by atoms with Crippen LogP contribution in [0.4, 0.5) is 22.0 Å². The minimum atomic E-state index is -4.26. The Morgan fingerprint density at radius 2 is 1.67 bits per heavy atom. The second-order valence-electron chi connectivity index (χ2n) is 4.41. The first-order chi connectivity index (χ1) is 8.39. The zero-order valence-corrected chi connectivity index (χ0v) is 9.40. The maximum absolute atomic E-state index is 13.5. The highest BCUT2D eigenvalue weighted by Crippen LogP contribution is 2.36. The summed E-state index contributed by atoms with van der Waals surface area (Å²) < 4.78 is 64.3. The van der Waals surface area contributed by atoms with Gasteiger partial charge in [-0.15, -0.1) is 0 Å². The van der Waals surface area contributed by atoms with Gasteiger partial charge in [-0.3, -0.25) is 0 Å². The Labute approximate surface area is 101 Å². The molecule has 0 bridgehead atoms. The van der Waals surface area contributed by atoms with Crippen molar-refractivity contribution in [2.24, 2.45) is 5.92 Å². The summed E-state index contributed by atoms with van der Waals surface area (Å²) >= 11 is 0. The van der Waals surface area contributed by atoms with Crippen LogP contribution < -0.4 is 5.32 Å². The number of rotatable bonds is 1. The van der Waals surface area contributed by atoms with E-state index in [2.05, 4.69) is 5.32 Å². The number of hydrogen-bond donors (Lipinski definition) is 1. The van der Waals surface area contributed by atoms with Gasteiger partial charge >= 0.3 is 6.18 Å². The lowest BCUT2D eigenvalue weighted by Gasteiger charge is -2.31. The van der Waals surface area contributed by atoms with Gasteiger partial charge in [0.05, 0.1) is 5.92 Å². The highest BCUT2D eigenvalue weighted by atomic mass is 19.4. The molecule has 1 fully saturated rings. The molecule has 2 unspecified atom stereocenters. The average molecular weight is 265 g/mol. The smallest absolute Gasteiger partial charge is 0.309 e. The van der Waals surface area contributed by atoms with E-state index in [4.69, 9.17) is 0 Å². The zero-order valence-electron chi connectivity index (χ0n) is 9.40. The third-order valence-corrected chi connectivity index (χ3v) is 3.23. The summed E-state index contributed by atoms with van der Waals surface area (Å²) in [4.78, 5) is 0. The number of piperidine rings is 1. The van der Waals surface area contributed by atoms with Crippen LogP contribution in [0.5, 0.6) is 0 Å². The number of hydrogen-bond acceptors (Lipinski definition) is 1. The van der Waals surface area contributed by atoms with Crippen molar-refractivity contribution in [1.82, 2.24) is 5.32 Å². The highest BCUT2D eigenvalue weighted by Gasteiger charge is 2.42. The number of alkyl halides is 3. The van der Waals surface area contributed by atoms with E-state index in [0.717, 1.165) is 12.1 Å². The zero-order chi connectivity index (χ0) is 13.3. The maximum atomic E-state index is 13.5. The topological polar surface area (TPSA) is 12.0 Å². The van der Waals surface area contributed by atoms with Crippen molar-refractivity contribution >= 4 is 0 Å². The van der Waals surface area contributed by atoms with Gasteiger partial charge in [-0.1, -0.05) is 6.07 Å². The summed E-state index contributed by atoms with van der Waals surface area (Å²) in [5, 5.41) is 2.57. The molecule has 2 atom stereocenters. The molecule has 100 valence electrons. The van der Waals surface area contributed by atoms with Gasteiger partial charge in [-0.2, -0.15) is 13.2 Å². The van der Waals surface area contributed by atoms with E-state index in [-0.39, 0.29) is 24.9 Å². The molecule has 18 heavy (non-hydrogen) atoms. The van der Waals surface area contributed by atoms with Crippen LogP contribution in [-0.2, 0) is 0 Å². The molecule has 0 aliphatic carbocycles. The molecule has 1 aromatic carbocycles. The molecule has 0 aromatic heterocycles. The molecular weight excluding hydrogens is 253 g/mol. The van der Waals surface area contributed by atoms with E-state index in [1.54, 1.807) is 0 Å². The van der Waals surface area contributed by atoms with Crippen LogP contribution >= 0.6 is 0 Å². The van der Waals surface area contributed by atoms with Crippen molar-refractivity contribution in [2.45, 2.75) is 25.1 Å². The first kappa shape index (κ1) is 13.3. The maximum Gasteiger partial charge on any atom is 0.393 e. The number of benzene rings is 1. The lowest BCUT2D eigenvalue weighted by molar-refractivity contribution is -0.179. The Balaban J connectivity index is 2.11. The van der Waals surface area contributed by atoms with Gasteiger partial charge in [0, 0.05) is 18.2 Å². The summed E-state index contributed by atoms with van der Waals surface area (Å²) in [5.74, 6) is -2.89. The third-order valence-electron chi connectivity index (χ3n) is 3.23. The lowest BCUT2D eigenvalue weighted by Crippen LogP contribution is -2.40. The van der Waals surface area contributed by atoms with Gasteiger partial charge in [0.15, 0.2) is 0 Å². The summed E-state index contributed by atoms with van der Waals surface area (Å²) in [6, 6.07) is 2.76. The normalized spacial score (nSPS) is 25.2. The van der Waals surface area contributed by atoms with Crippen molar-refractivity contribution < 1.29 is 22.0 Å². The fourth-order valence-corrected chi connectivity index (χ4v) is 2.23.